The Bertz CT molecular complexity index is 513. The molecule has 0 unspecified atom stereocenters. The highest BCUT2D eigenvalue weighted by Crippen LogP contribution is 2.27. The topological polar surface area (TPSA) is 17.1 Å². The number of benzene rings is 1. The van der Waals surface area contributed by atoms with Crippen molar-refractivity contribution >= 4 is 27.2 Å². The minimum Gasteiger partial charge on any atom is -0.293 e. The molecule has 2 aromatic rings. The van der Waals surface area contributed by atoms with Gasteiger partial charge in [0.15, 0.2) is 5.78 Å². The van der Waals surface area contributed by atoms with Gasteiger partial charge in [-0.05, 0) is 29.7 Å². The fourth-order valence-electron chi connectivity index (χ4n) is 1.42. The van der Waals surface area contributed by atoms with Crippen molar-refractivity contribution in [2.24, 2.45) is 5.92 Å². The quantitative estimate of drug-likeness (QED) is 0.705. The SMILES string of the molecule is CC(C)C(=O)c1cc2cc(F)ccc2s1. The molecule has 0 saturated heterocycles. The average molecular weight is 222 g/mol. The second-order valence-corrected chi connectivity index (χ2v) is 4.90. The minimum absolute atomic E-state index is 0.0112. The lowest BCUT2D eigenvalue weighted by Crippen LogP contribution is -2.04. The third-order valence-corrected chi connectivity index (χ3v) is 3.38. The molecule has 2 rings (SSSR count). The fourth-order valence-corrected chi connectivity index (χ4v) is 2.55. The van der Waals surface area contributed by atoms with Crippen molar-refractivity contribution in [2.75, 3.05) is 0 Å². The summed E-state index contributed by atoms with van der Waals surface area (Å²) < 4.78 is 13.9. The largest absolute Gasteiger partial charge is 0.293 e. The number of rotatable bonds is 2. The Morgan fingerprint density at radius 2 is 2.07 bits per heavy atom. The Labute approximate surface area is 91.5 Å². The number of hydrogen-bond acceptors (Lipinski definition) is 2. The van der Waals surface area contributed by atoms with Gasteiger partial charge in [-0.3, -0.25) is 4.79 Å². The van der Waals surface area contributed by atoms with E-state index < -0.39 is 0 Å². The third kappa shape index (κ3) is 1.92. The zero-order valence-electron chi connectivity index (χ0n) is 8.58. The van der Waals surface area contributed by atoms with Crippen molar-refractivity contribution in [3.63, 3.8) is 0 Å². The predicted molar refractivity (Wildman–Crippen MR) is 61.0 cm³/mol. The fraction of sp³-hybridized carbons (Fsp3) is 0.250. The maximum atomic E-state index is 12.9. The van der Waals surface area contributed by atoms with Crippen LogP contribution in [0.3, 0.4) is 0 Å². The molecule has 78 valence electrons. The Morgan fingerprint density at radius 3 is 2.73 bits per heavy atom. The Kier molecular flexibility index (Phi) is 2.57. The molecule has 0 radical (unpaired) electrons. The Balaban J connectivity index is 2.52. The van der Waals surface area contributed by atoms with Crippen molar-refractivity contribution < 1.29 is 9.18 Å². The summed E-state index contributed by atoms with van der Waals surface area (Å²) in [6.45, 7) is 3.74. The van der Waals surface area contributed by atoms with Gasteiger partial charge in [-0.2, -0.15) is 0 Å². The van der Waals surface area contributed by atoms with Crippen LogP contribution in [0, 0.1) is 11.7 Å². The standard InChI is InChI=1S/C12H11FOS/c1-7(2)12(14)11-6-8-5-9(13)3-4-10(8)15-11/h3-7H,1-2H3. The first kappa shape index (κ1) is 10.3. The Morgan fingerprint density at radius 1 is 1.33 bits per heavy atom. The van der Waals surface area contributed by atoms with E-state index in [9.17, 15) is 9.18 Å². The number of carbonyl (C=O) groups is 1. The first-order valence-electron chi connectivity index (χ1n) is 4.81. The Hall–Kier alpha value is -1.22. The van der Waals surface area contributed by atoms with Crippen LogP contribution < -0.4 is 0 Å². The van der Waals surface area contributed by atoms with E-state index in [-0.39, 0.29) is 17.5 Å². The second kappa shape index (κ2) is 3.74. The van der Waals surface area contributed by atoms with E-state index in [0.717, 1.165) is 10.1 Å². The number of hydrogen-bond donors (Lipinski definition) is 0. The summed E-state index contributed by atoms with van der Waals surface area (Å²) in [5, 5.41) is 0.809. The molecule has 1 aromatic heterocycles. The highest BCUT2D eigenvalue weighted by Gasteiger charge is 2.13. The average Bonchev–Trinajstić information content (AvgIpc) is 2.58. The van der Waals surface area contributed by atoms with Crippen LogP contribution in [-0.4, -0.2) is 5.78 Å². The highest BCUT2D eigenvalue weighted by molar-refractivity contribution is 7.20. The molecule has 0 bridgehead atoms. The van der Waals surface area contributed by atoms with Crippen molar-refractivity contribution in [1.29, 1.82) is 0 Å². The van der Waals surface area contributed by atoms with Crippen LogP contribution in [0.25, 0.3) is 10.1 Å². The molecule has 0 aliphatic carbocycles. The zero-order valence-corrected chi connectivity index (χ0v) is 9.40. The van der Waals surface area contributed by atoms with Gasteiger partial charge in [0.05, 0.1) is 4.88 Å². The number of thiophene rings is 1. The molecule has 0 aliphatic heterocycles. The third-order valence-electron chi connectivity index (χ3n) is 2.25. The number of halogens is 1. The van der Waals surface area contributed by atoms with E-state index in [0.29, 0.717) is 4.88 Å². The zero-order chi connectivity index (χ0) is 11.0. The molecule has 0 atom stereocenters. The van der Waals surface area contributed by atoms with Gasteiger partial charge in [-0.1, -0.05) is 13.8 Å². The first-order chi connectivity index (χ1) is 7.08. The van der Waals surface area contributed by atoms with Gasteiger partial charge in [-0.25, -0.2) is 4.39 Å². The molecule has 3 heteroatoms. The molecule has 0 fully saturated rings. The highest BCUT2D eigenvalue weighted by atomic mass is 32.1. The molecule has 1 aromatic carbocycles. The van der Waals surface area contributed by atoms with Gasteiger partial charge in [0.1, 0.15) is 5.82 Å². The van der Waals surface area contributed by atoms with Gasteiger partial charge in [-0.15, -0.1) is 11.3 Å². The van der Waals surface area contributed by atoms with Crippen molar-refractivity contribution in [3.8, 4) is 0 Å². The first-order valence-corrected chi connectivity index (χ1v) is 5.63. The summed E-state index contributed by atoms with van der Waals surface area (Å²) in [6, 6.07) is 6.36. The van der Waals surface area contributed by atoms with E-state index in [1.807, 2.05) is 13.8 Å². The maximum absolute atomic E-state index is 12.9. The summed E-state index contributed by atoms with van der Waals surface area (Å²) in [5.41, 5.74) is 0. The molecule has 0 amide bonds. The van der Waals surface area contributed by atoms with Crippen molar-refractivity contribution in [3.05, 3.63) is 35.0 Å². The smallest absolute Gasteiger partial charge is 0.175 e. The number of ketones is 1. The molecular weight excluding hydrogens is 211 g/mol. The molecule has 1 heterocycles. The van der Waals surface area contributed by atoms with E-state index in [4.69, 9.17) is 0 Å². The summed E-state index contributed by atoms with van der Waals surface area (Å²) >= 11 is 1.43. The van der Waals surface area contributed by atoms with Crippen molar-refractivity contribution in [2.45, 2.75) is 13.8 Å². The lowest BCUT2D eigenvalue weighted by Gasteiger charge is -1.98. The van der Waals surface area contributed by atoms with E-state index >= 15 is 0 Å². The van der Waals surface area contributed by atoms with Gasteiger partial charge in [0.25, 0.3) is 0 Å². The van der Waals surface area contributed by atoms with Crippen LogP contribution in [0.15, 0.2) is 24.3 Å². The van der Waals surface area contributed by atoms with E-state index in [1.165, 1.54) is 23.5 Å². The molecule has 0 spiro atoms. The molecule has 15 heavy (non-hydrogen) atoms. The molecule has 0 N–H and O–H groups in total. The molecule has 0 saturated carbocycles. The van der Waals surface area contributed by atoms with Crippen LogP contribution >= 0.6 is 11.3 Å². The summed E-state index contributed by atoms with van der Waals surface area (Å²) in [4.78, 5) is 12.4. The minimum atomic E-state index is -0.260. The monoisotopic (exact) mass is 222 g/mol. The molecule has 0 aliphatic rings. The number of Topliss-reactive ketones (excluding diaryl/α,β-unsaturated/α-hetero) is 1. The predicted octanol–water partition coefficient (Wildman–Crippen LogP) is 3.88. The van der Waals surface area contributed by atoms with Gasteiger partial charge >= 0.3 is 0 Å². The van der Waals surface area contributed by atoms with Crippen LogP contribution in [0.1, 0.15) is 23.5 Å². The van der Waals surface area contributed by atoms with E-state index in [1.54, 1.807) is 12.1 Å². The summed E-state index contributed by atoms with van der Waals surface area (Å²) in [5.74, 6) is -0.150. The van der Waals surface area contributed by atoms with Crippen LogP contribution in [0.5, 0.6) is 0 Å². The molecular formula is C12H11FOS. The summed E-state index contributed by atoms with van der Waals surface area (Å²) in [7, 11) is 0. The van der Waals surface area contributed by atoms with Crippen LogP contribution in [0.4, 0.5) is 4.39 Å². The van der Waals surface area contributed by atoms with Crippen LogP contribution in [0.2, 0.25) is 0 Å². The lowest BCUT2D eigenvalue weighted by molar-refractivity contribution is 0.0943. The van der Waals surface area contributed by atoms with Gasteiger partial charge in [0, 0.05) is 10.6 Å². The van der Waals surface area contributed by atoms with Crippen LogP contribution in [-0.2, 0) is 0 Å². The maximum Gasteiger partial charge on any atom is 0.175 e. The normalized spacial score (nSPS) is 11.2. The van der Waals surface area contributed by atoms with Gasteiger partial charge in [0.2, 0.25) is 0 Å². The summed E-state index contributed by atoms with van der Waals surface area (Å²) in [6.07, 6.45) is 0. The number of fused-ring (bicyclic) bond motifs is 1. The van der Waals surface area contributed by atoms with E-state index in [2.05, 4.69) is 0 Å². The lowest BCUT2D eigenvalue weighted by atomic mass is 10.1. The van der Waals surface area contributed by atoms with Crippen molar-refractivity contribution in [1.82, 2.24) is 0 Å². The number of carbonyl (C=O) groups excluding carboxylic acids is 1. The molecule has 1 nitrogen and oxygen atoms in total. The second-order valence-electron chi connectivity index (χ2n) is 3.81. The van der Waals surface area contributed by atoms with Gasteiger partial charge < -0.3 is 0 Å².